The Labute approximate surface area is 153 Å². The average Bonchev–Trinajstić information content (AvgIpc) is 3.01. The minimum atomic E-state index is -0.143. The van der Waals surface area contributed by atoms with Gasteiger partial charge in [-0.05, 0) is 60.2 Å². The number of benzene rings is 2. The van der Waals surface area contributed by atoms with Crippen molar-refractivity contribution in [3.05, 3.63) is 64.2 Å². The Hall–Kier alpha value is -2.20. The highest BCUT2D eigenvalue weighted by atomic mass is 35.5. The Morgan fingerprint density at radius 1 is 1.28 bits per heavy atom. The van der Waals surface area contributed by atoms with E-state index in [0.717, 1.165) is 41.2 Å². The normalized spacial score (nSPS) is 16.8. The maximum Gasteiger partial charge on any atom is 0.315 e. The van der Waals surface area contributed by atoms with Crippen LogP contribution in [0.2, 0.25) is 5.02 Å². The number of hydrogen-bond donors (Lipinski definition) is 2. The molecule has 2 unspecified atom stereocenters. The van der Waals surface area contributed by atoms with Crippen LogP contribution in [-0.2, 0) is 6.42 Å². The largest absolute Gasteiger partial charge is 0.497 e. The zero-order chi connectivity index (χ0) is 17.8. The van der Waals surface area contributed by atoms with E-state index in [1.807, 2.05) is 42.5 Å². The molecule has 2 N–H and O–H groups in total. The summed E-state index contributed by atoms with van der Waals surface area (Å²) in [5.74, 6) is 0.810. The van der Waals surface area contributed by atoms with Gasteiger partial charge in [-0.1, -0.05) is 36.7 Å². The van der Waals surface area contributed by atoms with Crippen LogP contribution in [0.1, 0.15) is 48.5 Å². The third kappa shape index (κ3) is 4.07. The smallest absolute Gasteiger partial charge is 0.315 e. The highest BCUT2D eigenvalue weighted by Gasteiger charge is 2.24. The Balaban J connectivity index is 1.63. The van der Waals surface area contributed by atoms with Crippen LogP contribution in [-0.4, -0.2) is 13.1 Å². The summed E-state index contributed by atoms with van der Waals surface area (Å²) in [5, 5.41) is 6.91. The van der Waals surface area contributed by atoms with Crippen LogP contribution in [0.25, 0.3) is 0 Å². The maximum absolute atomic E-state index is 12.5. The molecule has 0 spiro atoms. The summed E-state index contributed by atoms with van der Waals surface area (Å²) in [6.07, 6.45) is 2.66. The molecule has 0 saturated carbocycles. The second-order valence-electron chi connectivity index (χ2n) is 6.29. The molecule has 2 aromatic rings. The number of carbonyl (C=O) groups excluding carboxylic acids is 1. The van der Waals surface area contributed by atoms with Crippen LogP contribution in [0.15, 0.2) is 42.5 Å². The molecular weight excluding hydrogens is 336 g/mol. The van der Waals surface area contributed by atoms with Gasteiger partial charge in [-0.2, -0.15) is 0 Å². The van der Waals surface area contributed by atoms with Gasteiger partial charge in [0.1, 0.15) is 5.75 Å². The lowest BCUT2D eigenvalue weighted by Crippen LogP contribution is -2.39. The number of amides is 2. The van der Waals surface area contributed by atoms with Crippen molar-refractivity contribution in [1.82, 2.24) is 10.6 Å². The molecule has 1 aliphatic carbocycles. The number of nitrogens with one attached hydrogen (secondary N) is 2. The molecule has 0 fully saturated rings. The molecule has 0 bridgehead atoms. The molecule has 2 atom stereocenters. The van der Waals surface area contributed by atoms with E-state index in [9.17, 15) is 4.79 Å². The van der Waals surface area contributed by atoms with E-state index in [-0.39, 0.29) is 18.1 Å². The van der Waals surface area contributed by atoms with Crippen LogP contribution in [0, 0.1) is 0 Å². The fraction of sp³-hybridized carbons (Fsp3) is 0.350. The minimum absolute atomic E-state index is 0.0306. The van der Waals surface area contributed by atoms with Gasteiger partial charge in [0.25, 0.3) is 0 Å². The van der Waals surface area contributed by atoms with Gasteiger partial charge in [-0.3, -0.25) is 0 Å². The van der Waals surface area contributed by atoms with Crippen LogP contribution < -0.4 is 15.4 Å². The molecule has 0 radical (unpaired) electrons. The zero-order valence-corrected chi connectivity index (χ0v) is 15.3. The molecule has 0 heterocycles. The number of halogens is 1. The Bertz CT molecular complexity index is 746. The molecule has 4 nitrogen and oxygen atoms in total. The number of methoxy groups -OCH3 is 1. The molecule has 132 valence electrons. The van der Waals surface area contributed by atoms with E-state index in [0.29, 0.717) is 0 Å². The first-order valence-electron chi connectivity index (χ1n) is 8.60. The van der Waals surface area contributed by atoms with E-state index in [2.05, 4.69) is 17.6 Å². The van der Waals surface area contributed by atoms with Gasteiger partial charge in [0.15, 0.2) is 0 Å². The Kier molecular flexibility index (Phi) is 5.49. The first-order chi connectivity index (χ1) is 12.1. The van der Waals surface area contributed by atoms with Crippen molar-refractivity contribution in [3.8, 4) is 5.75 Å². The first kappa shape index (κ1) is 17.6. The fourth-order valence-electron chi connectivity index (χ4n) is 3.35. The summed E-state index contributed by atoms with van der Waals surface area (Å²) < 4.78 is 5.18. The molecule has 2 amide bonds. The third-order valence-electron chi connectivity index (χ3n) is 4.72. The summed E-state index contributed by atoms with van der Waals surface area (Å²) >= 11 is 6.05. The van der Waals surface area contributed by atoms with Crippen molar-refractivity contribution in [2.24, 2.45) is 0 Å². The van der Waals surface area contributed by atoms with Crippen LogP contribution in [0.5, 0.6) is 5.75 Å². The van der Waals surface area contributed by atoms with Crippen LogP contribution >= 0.6 is 11.6 Å². The van der Waals surface area contributed by atoms with Crippen molar-refractivity contribution in [2.45, 2.75) is 38.3 Å². The Morgan fingerprint density at radius 3 is 2.72 bits per heavy atom. The van der Waals surface area contributed by atoms with Gasteiger partial charge in [0, 0.05) is 5.02 Å². The number of rotatable bonds is 5. The maximum atomic E-state index is 12.5. The molecule has 3 rings (SSSR count). The van der Waals surface area contributed by atoms with E-state index in [1.54, 1.807) is 7.11 Å². The molecule has 25 heavy (non-hydrogen) atoms. The van der Waals surface area contributed by atoms with Crippen molar-refractivity contribution >= 4 is 17.6 Å². The highest BCUT2D eigenvalue weighted by Crippen LogP contribution is 2.32. The predicted octanol–water partition coefficient (Wildman–Crippen LogP) is 4.79. The molecule has 5 heteroatoms. The summed E-state index contributed by atoms with van der Waals surface area (Å²) in [6.45, 7) is 2.06. The summed E-state index contributed by atoms with van der Waals surface area (Å²) in [7, 11) is 1.64. The monoisotopic (exact) mass is 358 g/mol. The van der Waals surface area contributed by atoms with Crippen molar-refractivity contribution < 1.29 is 9.53 Å². The van der Waals surface area contributed by atoms with E-state index >= 15 is 0 Å². The minimum Gasteiger partial charge on any atom is -0.497 e. The zero-order valence-electron chi connectivity index (χ0n) is 14.5. The number of urea groups is 1. The van der Waals surface area contributed by atoms with Crippen molar-refractivity contribution in [3.63, 3.8) is 0 Å². The topological polar surface area (TPSA) is 50.4 Å². The van der Waals surface area contributed by atoms with Gasteiger partial charge >= 0.3 is 6.03 Å². The molecule has 0 aliphatic heterocycles. The summed E-state index contributed by atoms with van der Waals surface area (Å²) in [4.78, 5) is 12.5. The van der Waals surface area contributed by atoms with Gasteiger partial charge in [0.05, 0.1) is 19.2 Å². The Morgan fingerprint density at radius 2 is 2.04 bits per heavy atom. The average molecular weight is 359 g/mol. The van der Waals surface area contributed by atoms with Crippen molar-refractivity contribution in [2.75, 3.05) is 7.11 Å². The van der Waals surface area contributed by atoms with E-state index < -0.39 is 0 Å². The molecule has 0 saturated heterocycles. The van der Waals surface area contributed by atoms with Gasteiger partial charge < -0.3 is 15.4 Å². The lowest BCUT2D eigenvalue weighted by Gasteiger charge is -2.21. The lowest BCUT2D eigenvalue weighted by molar-refractivity contribution is 0.232. The van der Waals surface area contributed by atoms with Crippen LogP contribution in [0.3, 0.4) is 0 Å². The molecule has 1 aliphatic rings. The standard InChI is InChI=1S/C20H23ClN2O2/c1-3-18(13-4-8-16(25-2)9-5-13)22-20(24)23-19-11-6-14-12-15(21)7-10-17(14)19/h4-5,7-10,12,18-19H,3,6,11H2,1-2H3,(H2,22,23,24). The van der Waals surface area contributed by atoms with E-state index in [1.165, 1.54) is 5.56 Å². The second kappa shape index (κ2) is 7.79. The quantitative estimate of drug-likeness (QED) is 0.807. The molecule has 0 aromatic heterocycles. The van der Waals surface area contributed by atoms with Crippen LogP contribution in [0.4, 0.5) is 4.79 Å². The summed E-state index contributed by atoms with van der Waals surface area (Å²) in [6, 6.07) is 13.5. The van der Waals surface area contributed by atoms with Crippen molar-refractivity contribution in [1.29, 1.82) is 0 Å². The summed E-state index contributed by atoms with van der Waals surface area (Å²) in [5.41, 5.74) is 3.45. The number of hydrogen-bond acceptors (Lipinski definition) is 2. The van der Waals surface area contributed by atoms with Gasteiger partial charge in [0.2, 0.25) is 0 Å². The molecule has 2 aromatic carbocycles. The van der Waals surface area contributed by atoms with Gasteiger partial charge in [-0.25, -0.2) is 4.79 Å². The number of fused-ring (bicyclic) bond motifs is 1. The second-order valence-corrected chi connectivity index (χ2v) is 6.72. The van der Waals surface area contributed by atoms with Gasteiger partial charge in [-0.15, -0.1) is 0 Å². The number of aryl methyl sites for hydroxylation is 1. The van der Waals surface area contributed by atoms with E-state index in [4.69, 9.17) is 16.3 Å². The number of carbonyl (C=O) groups is 1. The SMILES string of the molecule is CCC(NC(=O)NC1CCc2cc(Cl)ccc21)c1ccc(OC)cc1. The third-order valence-corrected chi connectivity index (χ3v) is 4.95. The fourth-order valence-corrected chi connectivity index (χ4v) is 3.55. The predicted molar refractivity (Wildman–Crippen MR) is 100 cm³/mol. The lowest BCUT2D eigenvalue weighted by atomic mass is 10.0. The first-order valence-corrected chi connectivity index (χ1v) is 8.97. The highest BCUT2D eigenvalue weighted by molar-refractivity contribution is 6.30. The molecular formula is C20H23ClN2O2. The number of ether oxygens (including phenoxy) is 1.